The van der Waals surface area contributed by atoms with E-state index in [-0.39, 0.29) is 6.20 Å². The Morgan fingerprint density at radius 2 is 1.58 bits per heavy atom. The highest BCUT2D eigenvalue weighted by Gasteiger charge is 2.44. The Labute approximate surface area is 98.3 Å². The van der Waals surface area contributed by atoms with Gasteiger partial charge in [0.25, 0.3) is 6.43 Å². The molecule has 0 fully saturated rings. The van der Waals surface area contributed by atoms with E-state index in [4.69, 9.17) is 0 Å². The van der Waals surface area contributed by atoms with E-state index < -0.39 is 41.8 Å². The van der Waals surface area contributed by atoms with E-state index in [0.29, 0.717) is 0 Å². The molecule has 0 radical (unpaired) electrons. The average Bonchev–Trinajstić information content (AvgIpc) is 2.11. The third kappa shape index (κ3) is 3.64. The quantitative estimate of drug-likeness (QED) is 0.768. The normalized spacial score (nSPS) is 12.9. The van der Waals surface area contributed by atoms with E-state index in [0.717, 1.165) is 0 Å². The molecule has 0 bridgehead atoms. The minimum absolute atomic E-state index is 0.256. The van der Waals surface area contributed by atoms with Crippen LogP contribution in [0.15, 0.2) is 6.20 Å². The fourth-order valence-electron chi connectivity index (χ4n) is 1.11. The van der Waals surface area contributed by atoms with Crippen LogP contribution in [0.1, 0.15) is 17.7 Å². The number of hydrogen-bond acceptors (Lipinski definition) is 2. The molecule has 2 nitrogen and oxygen atoms in total. The fraction of sp³-hybridized carbons (Fsp3) is 0.375. The van der Waals surface area contributed by atoms with Crippen molar-refractivity contribution in [2.75, 3.05) is 0 Å². The van der Waals surface area contributed by atoms with Crippen LogP contribution in [0.2, 0.25) is 0 Å². The Kier molecular flexibility index (Phi) is 3.87. The molecule has 108 valence electrons. The van der Waals surface area contributed by atoms with Crippen LogP contribution < -0.4 is 4.74 Å². The number of rotatable bonds is 2. The molecule has 0 saturated carbocycles. The number of hydrogen-bond donors (Lipinski definition) is 0. The standard InChI is InChI=1S/C8H2F9NO/c9-2-1-18-5(7(12,13)14)4(3(2)6(10)11)19-8(15,16)17/h1,6H. The van der Waals surface area contributed by atoms with Crippen molar-refractivity contribution in [1.29, 1.82) is 0 Å². The van der Waals surface area contributed by atoms with E-state index >= 15 is 0 Å². The summed E-state index contributed by atoms with van der Waals surface area (Å²) in [4.78, 5) is 2.32. The lowest BCUT2D eigenvalue weighted by Gasteiger charge is -2.17. The first-order valence-corrected chi connectivity index (χ1v) is 4.23. The second-order valence-corrected chi connectivity index (χ2v) is 3.04. The third-order valence-corrected chi connectivity index (χ3v) is 1.73. The van der Waals surface area contributed by atoms with Crippen molar-refractivity contribution >= 4 is 0 Å². The monoisotopic (exact) mass is 299 g/mol. The van der Waals surface area contributed by atoms with Gasteiger partial charge < -0.3 is 4.74 Å². The SMILES string of the molecule is Fc1cnc(C(F)(F)F)c(OC(F)(F)F)c1C(F)F. The van der Waals surface area contributed by atoms with Crippen LogP contribution in [0.4, 0.5) is 39.5 Å². The molecule has 19 heavy (non-hydrogen) atoms. The number of pyridine rings is 1. The Morgan fingerprint density at radius 3 is 1.95 bits per heavy atom. The average molecular weight is 299 g/mol. The zero-order chi connectivity index (χ0) is 15.0. The maximum Gasteiger partial charge on any atom is 0.573 e. The highest BCUT2D eigenvalue weighted by molar-refractivity contribution is 5.40. The molecule has 0 unspecified atom stereocenters. The number of ether oxygens (including phenoxy) is 1. The first-order chi connectivity index (χ1) is 8.43. The molecular weight excluding hydrogens is 297 g/mol. The molecule has 1 aromatic heterocycles. The molecule has 0 N–H and O–H groups in total. The van der Waals surface area contributed by atoms with Gasteiger partial charge in [0.15, 0.2) is 17.3 Å². The van der Waals surface area contributed by atoms with E-state index in [1.165, 1.54) is 0 Å². The number of halogens is 9. The summed E-state index contributed by atoms with van der Waals surface area (Å²) in [7, 11) is 0. The van der Waals surface area contributed by atoms with E-state index in [2.05, 4.69) is 9.72 Å². The summed E-state index contributed by atoms with van der Waals surface area (Å²) in [5.74, 6) is -4.43. The van der Waals surface area contributed by atoms with Gasteiger partial charge in [-0.15, -0.1) is 13.2 Å². The molecule has 0 amide bonds. The maximum atomic E-state index is 12.9. The first kappa shape index (κ1) is 15.4. The summed E-state index contributed by atoms with van der Waals surface area (Å²) in [6.45, 7) is 0. The maximum absolute atomic E-state index is 12.9. The van der Waals surface area contributed by atoms with Gasteiger partial charge in [0.05, 0.1) is 11.8 Å². The van der Waals surface area contributed by atoms with E-state index in [9.17, 15) is 39.5 Å². The molecule has 0 spiro atoms. The topological polar surface area (TPSA) is 22.1 Å². The summed E-state index contributed by atoms with van der Waals surface area (Å²) in [5.41, 5.74) is -4.54. The molecule has 0 saturated heterocycles. The Morgan fingerprint density at radius 1 is 1.05 bits per heavy atom. The van der Waals surface area contributed by atoms with Crippen molar-refractivity contribution < 1.29 is 44.3 Å². The van der Waals surface area contributed by atoms with Gasteiger partial charge in [-0.25, -0.2) is 18.2 Å². The van der Waals surface area contributed by atoms with Crippen LogP contribution in [0.25, 0.3) is 0 Å². The summed E-state index contributed by atoms with van der Waals surface area (Å²) >= 11 is 0. The minimum Gasteiger partial charge on any atom is -0.403 e. The van der Waals surface area contributed by atoms with Crippen molar-refractivity contribution in [3.63, 3.8) is 0 Å². The lowest BCUT2D eigenvalue weighted by molar-refractivity contribution is -0.277. The highest BCUT2D eigenvalue weighted by Crippen LogP contribution is 2.42. The van der Waals surface area contributed by atoms with Crippen LogP contribution in [-0.4, -0.2) is 11.3 Å². The van der Waals surface area contributed by atoms with Gasteiger partial charge in [-0.05, 0) is 0 Å². The summed E-state index contributed by atoms with van der Waals surface area (Å²) in [6.07, 6.45) is -15.4. The predicted octanol–water partition coefficient (Wildman–Crippen LogP) is 4.08. The molecule has 11 heteroatoms. The van der Waals surface area contributed by atoms with E-state index in [1.54, 1.807) is 0 Å². The van der Waals surface area contributed by atoms with Gasteiger partial charge in [0, 0.05) is 0 Å². The molecule has 1 heterocycles. The third-order valence-electron chi connectivity index (χ3n) is 1.73. The van der Waals surface area contributed by atoms with Crippen LogP contribution in [0.5, 0.6) is 5.75 Å². The molecule has 0 atom stereocenters. The van der Waals surface area contributed by atoms with Crippen LogP contribution in [-0.2, 0) is 6.18 Å². The first-order valence-electron chi connectivity index (χ1n) is 4.23. The molecule has 0 aromatic carbocycles. The van der Waals surface area contributed by atoms with Crippen molar-refractivity contribution in [2.24, 2.45) is 0 Å². The summed E-state index contributed by atoms with van der Waals surface area (Å²) < 4.78 is 113. The van der Waals surface area contributed by atoms with Crippen LogP contribution >= 0.6 is 0 Å². The minimum atomic E-state index is -5.71. The van der Waals surface area contributed by atoms with Crippen molar-refractivity contribution in [3.05, 3.63) is 23.3 Å². The zero-order valence-corrected chi connectivity index (χ0v) is 8.41. The Balaban J connectivity index is 3.54. The molecular formula is C8H2F9NO. The van der Waals surface area contributed by atoms with Crippen molar-refractivity contribution in [2.45, 2.75) is 19.0 Å². The number of aromatic nitrogens is 1. The van der Waals surface area contributed by atoms with Crippen LogP contribution in [0, 0.1) is 5.82 Å². The zero-order valence-electron chi connectivity index (χ0n) is 8.41. The van der Waals surface area contributed by atoms with Gasteiger partial charge in [0.1, 0.15) is 0 Å². The summed E-state index contributed by atoms with van der Waals surface area (Å²) in [5, 5.41) is 0. The largest absolute Gasteiger partial charge is 0.573 e. The molecule has 0 aliphatic rings. The lowest BCUT2D eigenvalue weighted by atomic mass is 10.2. The molecule has 1 aromatic rings. The fourth-order valence-corrected chi connectivity index (χ4v) is 1.11. The van der Waals surface area contributed by atoms with Gasteiger partial charge >= 0.3 is 12.5 Å². The number of nitrogens with zero attached hydrogens (tertiary/aromatic N) is 1. The summed E-state index contributed by atoms with van der Waals surface area (Å²) in [6, 6.07) is 0. The van der Waals surface area contributed by atoms with E-state index in [1.807, 2.05) is 0 Å². The lowest BCUT2D eigenvalue weighted by Crippen LogP contribution is -2.23. The molecule has 1 rings (SSSR count). The van der Waals surface area contributed by atoms with Gasteiger partial charge in [-0.1, -0.05) is 0 Å². The Hall–Kier alpha value is -1.68. The smallest absolute Gasteiger partial charge is 0.403 e. The van der Waals surface area contributed by atoms with Gasteiger partial charge in [-0.2, -0.15) is 13.2 Å². The highest BCUT2D eigenvalue weighted by atomic mass is 19.4. The second kappa shape index (κ2) is 4.78. The molecule has 0 aliphatic carbocycles. The van der Waals surface area contributed by atoms with Gasteiger partial charge in [0.2, 0.25) is 0 Å². The van der Waals surface area contributed by atoms with Crippen molar-refractivity contribution in [3.8, 4) is 5.75 Å². The Bertz CT molecular complexity index is 465. The van der Waals surface area contributed by atoms with Crippen LogP contribution in [0.3, 0.4) is 0 Å². The number of alkyl halides is 8. The molecule has 0 aliphatic heterocycles. The van der Waals surface area contributed by atoms with Crippen molar-refractivity contribution in [1.82, 2.24) is 4.98 Å². The van der Waals surface area contributed by atoms with Gasteiger partial charge in [-0.3, -0.25) is 0 Å². The second-order valence-electron chi connectivity index (χ2n) is 3.04. The predicted molar refractivity (Wildman–Crippen MR) is 40.8 cm³/mol.